The van der Waals surface area contributed by atoms with Crippen LogP contribution in [-0.4, -0.2) is 11.8 Å². The van der Waals surface area contributed by atoms with Gasteiger partial charge in [-0.1, -0.05) is 59.1 Å². The summed E-state index contributed by atoms with van der Waals surface area (Å²) >= 11 is 17.9. The van der Waals surface area contributed by atoms with Gasteiger partial charge in [-0.25, -0.2) is 0 Å². The molecule has 23 heavy (non-hydrogen) atoms. The van der Waals surface area contributed by atoms with E-state index >= 15 is 0 Å². The molecular weight excluding hydrogens is 359 g/mol. The Hall–Kier alpha value is -1.75. The van der Waals surface area contributed by atoms with Crippen molar-refractivity contribution in [2.24, 2.45) is 0 Å². The number of para-hydroxylation sites is 1. The minimum absolute atomic E-state index is 0.249. The molecule has 120 valence electrons. The summed E-state index contributed by atoms with van der Waals surface area (Å²) < 4.78 is 0. The predicted octanol–water partition coefficient (Wildman–Crippen LogP) is 4.29. The van der Waals surface area contributed by atoms with Gasteiger partial charge in [0, 0.05) is 11.6 Å². The number of amides is 2. The molecule has 0 aromatic heterocycles. The van der Waals surface area contributed by atoms with Crippen molar-refractivity contribution in [3.8, 4) is 0 Å². The van der Waals surface area contributed by atoms with E-state index in [2.05, 4.69) is 10.6 Å². The summed E-state index contributed by atoms with van der Waals surface area (Å²) in [4.78, 5) is 23.7. The van der Waals surface area contributed by atoms with E-state index < -0.39 is 11.8 Å². The topological polar surface area (TPSA) is 58.2 Å². The Bertz CT molecular complexity index is 715. The molecule has 0 atom stereocenters. The fraction of sp³-hybridized carbons (Fsp3) is 0.125. The van der Waals surface area contributed by atoms with Gasteiger partial charge in [0.05, 0.1) is 15.7 Å². The van der Waals surface area contributed by atoms with Crippen molar-refractivity contribution in [2.45, 2.75) is 13.0 Å². The summed E-state index contributed by atoms with van der Waals surface area (Å²) in [5, 5.41) is 6.34. The maximum absolute atomic E-state index is 11.9. The number of carbonyl (C=O) groups is 2. The summed E-state index contributed by atoms with van der Waals surface area (Å²) in [6.07, 6.45) is -0.341. The van der Waals surface area contributed by atoms with E-state index in [9.17, 15) is 9.59 Å². The molecule has 0 fully saturated rings. The highest BCUT2D eigenvalue weighted by Gasteiger charge is 2.13. The van der Waals surface area contributed by atoms with Crippen molar-refractivity contribution in [3.05, 3.63) is 63.1 Å². The highest BCUT2D eigenvalue weighted by Crippen LogP contribution is 2.29. The molecular formula is C16H13Cl3N2O2. The van der Waals surface area contributed by atoms with Gasteiger partial charge in [0.15, 0.2) is 0 Å². The van der Waals surface area contributed by atoms with Crippen LogP contribution >= 0.6 is 34.8 Å². The van der Waals surface area contributed by atoms with Crippen LogP contribution in [0.2, 0.25) is 15.1 Å². The SMILES string of the molecule is O=C(CC(=O)Nc1c(Cl)cccc1Cl)NCc1ccccc1Cl. The fourth-order valence-electron chi connectivity index (χ4n) is 1.84. The summed E-state index contributed by atoms with van der Waals surface area (Å²) in [5.41, 5.74) is 1.07. The number of anilines is 1. The van der Waals surface area contributed by atoms with Gasteiger partial charge in [-0.15, -0.1) is 0 Å². The smallest absolute Gasteiger partial charge is 0.233 e. The molecule has 2 amide bonds. The standard InChI is InChI=1S/C16H13Cl3N2O2/c17-11-5-2-1-4-10(11)9-20-14(22)8-15(23)21-16-12(18)6-3-7-13(16)19/h1-7H,8-9H2,(H,20,22)(H,21,23). The lowest BCUT2D eigenvalue weighted by Gasteiger charge is -2.10. The first kappa shape index (κ1) is 17.6. The van der Waals surface area contributed by atoms with Crippen LogP contribution in [-0.2, 0) is 16.1 Å². The second-order valence-corrected chi connectivity index (χ2v) is 5.91. The minimum atomic E-state index is -0.503. The van der Waals surface area contributed by atoms with Crippen LogP contribution in [0.1, 0.15) is 12.0 Å². The van der Waals surface area contributed by atoms with Gasteiger partial charge in [-0.2, -0.15) is 0 Å². The Labute approximate surface area is 148 Å². The number of nitrogens with one attached hydrogen (secondary N) is 2. The molecule has 0 radical (unpaired) electrons. The van der Waals surface area contributed by atoms with Crippen LogP contribution in [0, 0.1) is 0 Å². The van der Waals surface area contributed by atoms with Gasteiger partial charge < -0.3 is 10.6 Å². The lowest BCUT2D eigenvalue weighted by molar-refractivity contribution is -0.126. The third-order valence-corrected chi connectivity index (χ3v) is 3.98. The Morgan fingerprint density at radius 1 is 0.826 bits per heavy atom. The molecule has 2 rings (SSSR count). The molecule has 2 N–H and O–H groups in total. The van der Waals surface area contributed by atoms with E-state index in [0.29, 0.717) is 20.8 Å². The van der Waals surface area contributed by atoms with Gasteiger partial charge in [-0.3, -0.25) is 9.59 Å². The first-order chi connectivity index (χ1) is 11.0. The summed E-state index contributed by atoms with van der Waals surface area (Å²) in [5.74, 6) is -0.928. The number of hydrogen-bond donors (Lipinski definition) is 2. The molecule has 0 aliphatic rings. The van der Waals surface area contributed by atoms with E-state index in [1.165, 1.54) is 0 Å². The van der Waals surface area contributed by atoms with Crippen molar-refractivity contribution in [1.29, 1.82) is 0 Å². The number of carbonyl (C=O) groups excluding carboxylic acids is 2. The zero-order valence-corrected chi connectivity index (χ0v) is 14.2. The molecule has 0 saturated carbocycles. The Balaban J connectivity index is 1.88. The van der Waals surface area contributed by atoms with E-state index in [4.69, 9.17) is 34.8 Å². The van der Waals surface area contributed by atoms with Gasteiger partial charge >= 0.3 is 0 Å². The average Bonchev–Trinajstić information content (AvgIpc) is 2.50. The van der Waals surface area contributed by atoms with Gasteiger partial charge in [0.1, 0.15) is 6.42 Å². The molecule has 0 spiro atoms. The van der Waals surface area contributed by atoms with Gasteiger partial charge in [0.25, 0.3) is 0 Å². The van der Waals surface area contributed by atoms with Crippen LogP contribution in [0.4, 0.5) is 5.69 Å². The van der Waals surface area contributed by atoms with Gasteiger partial charge in [-0.05, 0) is 23.8 Å². The zero-order valence-electron chi connectivity index (χ0n) is 11.9. The largest absolute Gasteiger partial charge is 0.352 e. The molecule has 0 unspecified atom stereocenters. The quantitative estimate of drug-likeness (QED) is 0.770. The van der Waals surface area contributed by atoms with Crippen LogP contribution < -0.4 is 10.6 Å². The normalized spacial score (nSPS) is 10.2. The van der Waals surface area contributed by atoms with Crippen LogP contribution in [0.25, 0.3) is 0 Å². The first-order valence-corrected chi connectivity index (χ1v) is 7.84. The summed E-state index contributed by atoms with van der Waals surface area (Å²) in [6.45, 7) is 0.249. The second-order valence-electron chi connectivity index (χ2n) is 4.69. The van der Waals surface area contributed by atoms with Crippen LogP contribution in [0.15, 0.2) is 42.5 Å². The van der Waals surface area contributed by atoms with Crippen molar-refractivity contribution in [3.63, 3.8) is 0 Å². The van der Waals surface area contributed by atoms with Crippen LogP contribution in [0.3, 0.4) is 0 Å². The molecule has 4 nitrogen and oxygen atoms in total. The second kappa shape index (κ2) is 8.20. The highest BCUT2D eigenvalue weighted by atomic mass is 35.5. The van der Waals surface area contributed by atoms with E-state index in [-0.39, 0.29) is 13.0 Å². The molecule has 0 aliphatic heterocycles. The molecule has 0 aliphatic carbocycles. The third-order valence-electron chi connectivity index (χ3n) is 2.98. The molecule has 2 aromatic rings. The fourth-order valence-corrected chi connectivity index (χ4v) is 2.54. The lowest BCUT2D eigenvalue weighted by Crippen LogP contribution is -2.28. The maximum atomic E-state index is 11.9. The zero-order chi connectivity index (χ0) is 16.8. The Morgan fingerprint density at radius 2 is 1.43 bits per heavy atom. The highest BCUT2D eigenvalue weighted by molar-refractivity contribution is 6.39. The number of halogens is 3. The summed E-state index contributed by atoms with van der Waals surface area (Å²) in [6, 6.07) is 12.0. The molecule has 0 bridgehead atoms. The van der Waals surface area contributed by atoms with Crippen molar-refractivity contribution >= 4 is 52.3 Å². The maximum Gasteiger partial charge on any atom is 0.233 e. The molecule has 7 heteroatoms. The molecule has 0 heterocycles. The Kier molecular flexibility index (Phi) is 6.28. The van der Waals surface area contributed by atoms with E-state index in [1.54, 1.807) is 36.4 Å². The monoisotopic (exact) mass is 370 g/mol. The number of benzene rings is 2. The number of hydrogen-bond acceptors (Lipinski definition) is 2. The third kappa shape index (κ3) is 5.13. The Morgan fingerprint density at radius 3 is 2.09 bits per heavy atom. The van der Waals surface area contributed by atoms with E-state index in [1.807, 2.05) is 6.07 Å². The molecule has 2 aromatic carbocycles. The summed E-state index contributed by atoms with van der Waals surface area (Å²) in [7, 11) is 0. The molecule has 0 saturated heterocycles. The van der Waals surface area contributed by atoms with Crippen molar-refractivity contribution in [2.75, 3.05) is 5.32 Å². The average molecular weight is 372 g/mol. The van der Waals surface area contributed by atoms with Gasteiger partial charge in [0.2, 0.25) is 11.8 Å². The lowest BCUT2D eigenvalue weighted by atomic mass is 10.2. The van der Waals surface area contributed by atoms with Crippen LogP contribution in [0.5, 0.6) is 0 Å². The van der Waals surface area contributed by atoms with Crippen molar-refractivity contribution in [1.82, 2.24) is 5.32 Å². The van der Waals surface area contributed by atoms with E-state index in [0.717, 1.165) is 5.56 Å². The predicted molar refractivity (Wildman–Crippen MR) is 93.0 cm³/mol. The first-order valence-electron chi connectivity index (χ1n) is 6.71. The number of rotatable bonds is 5. The van der Waals surface area contributed by atoms with Crippen molar-refractivity contribution < 1.29 is 9.59 Å². The minimum Gasteiger partial charge on any atom is -0.352 e.